The average Bonchev–Trinajstić information content (AvgIpc) is 2.87. The topological polar surface area (TPSA) is 94.2 Å². The van der Waals surface area contributed by atoms with E-state index in [4.69, 9.17) is 14.2 Å². The molecule has 3 aromatic rings. The van der Waals surface area contributed by atoms with Crippen molar-refractivity contribution in [3.05, 3.63) is 87.9 Å². The fourth-order valence-corrected chi connectivity index (χ4v) is 4.22. The van der Waals surface area contributed by atoms with Crippen LogP contribution in [0.1, 0.15) is 18.1 Å². The summed E-state index contributed by atoms with van der Waals surface area (Å²) < 4.78 is 17.9. The predicted octanol–water partition coefficient (Wildman–Crippen LogP) is 5.28. The third-order valence-corrected chi connectivity index (χ3v) is 5.97. The molecule has 3 aromatic carbocycles. The number of hydrogen-bond donors (Lipinski definition) is 1. The van der Waals surface area contributed by atoms with E-state index < -0.39 is 17.8 Å². The van der Waals surface area contributed by atoms with Crippen molar-refractivity contribution >= 4 is 45.5 Å². The Bertz CT molecular complexity index is 1340. The van der Waals surface area contributed by atoms with Crippen LogP contribution in [-0.2, 0) is 9.59 Å². The molecule has 1 saturated heterocycles. The molecule has 1 fully saturated rings. The van der Waals surface area contributed by atoms with Crippen molar-refractivity contribution in [1.29, 1.82) is 0 Å². The van der Waals surface area contributed by atoms with Crippen LogP contribution in [0.25, 0.3) is 6.08 Å². The van der Waals surface area contributed by atoms with Crippen molar-refractivity contribution in [2.75, 3.05) is 24.7 Å². The van der Waals surface area contributed by atoms with E-state index in [9.17, 15) is 14.4 Å². The van der Waals surface area contributed by atoms with Crippen molar-refractivity contribution in [2.45, 2.75) is 13.8 Å². The molecule has 0 unspecified atom stereocenters. The average molecular weight is 565 g/mol. The molecule has 1 heterocycles. The number of urea groups is 1. The fourth-order valence-electron chi connectivity index (χ4n) is 3.65. The molecular weight excluding hydrogens is 540 g/mol. The number of nitrogens with one attached hydrogen (secondary N) is 1. The minimum atomic E-state index is -0.798. The van der Waals surface area contributed by atoms with E-state index in [0.717, 1.165) is 16.2 Å². The van der Waals surface area contributed by atoms with Gasteiger partial charge in [0, 0.05) is 0 Å². The quantitative estimate of drug-likeness (QED) is 0.216. The Morgan fingerprint density at radius 2 is 1.62 bits per heavy atom. The molecule has 0 spiro atoms. The lowest BCUT2D eigenvalue weighted by molar-refractivity contribution is -0.122. The molecule has 0 bridgehead atoms. The number of carbonyl (C=O) groups is 3. The second-order valence-electron chi connectivity index (χ2n) is 8.07. The molecule has 0 radical (unpaired) electrons. The summed E-state index contributed by atoms with van der Waals surface area (Å²) in [5, 5.41) is 2.23. The first kappa shape index (κ1) is 26.0. The van der Waals surface area contributed by atoms with Crippen LogP contribution in [0.5, 0.6) is 17.2 Å². The van der Waals surface area contributed by atoms with Crippen LogP contribution in [-0.4, -0.2) is 37.7 Å². The number of para-hydroxylation sites is 1. The molecule has 4 rings (SSSR count). The Morgan fingerprint density at radius 3 is 2.32 bits per heavy atom. The van der Waals surface area contributed by atoms with Crippen molar-refractivity contribution < 1.29 is 28.6 Å². The number of imide groups is 2. The van der Waals surface area contributed by atoms with E-state index >= 15 is 0 Å². The number of hydrogen-bond acceptors (Lipinski definition) is 6. The Balaban J connectivity index is 1.56. The van der Waals surface area contributed by atoms with E-state index in [1.165, 1.54) is 6.08 Å². The summed E-state index contributed by atoms with van der Waals surface area (Å²) in [5.74, 6) is 0.150. The van der Waals surface area contributed by atoms with Crippen LogP contribution < -0.4 is 24.4 Å². The smallest absolute Gasteiger partial charge is 0.335 e. The highest BCUT2D eigenvalue weighted by atomic mass is 79.9. The Kier molecular flexibility index (Phi) is 8.25. The predicted molar refractivity (Wildman–Crippen MR) is 143 cm³/mol. The summed E-state index contributed by atoms with van der Waals surface area (Å²) in [4.78, 5) is 39.1. The van der Waals surface area contributed by atoms with Gasteiger partial charge in [-0.1, -0.05) is 35.9 Å². The number of carbonyl (C=O) groups excluding carboxylic acids is 3. The zero-order valence-electron chi connectivity index (χ0n) is 20.3. The molecule has 0 saturated carbocycles. The van der Waals surface area contributed by atoms with Crippen LogP contribution in [0.4, 0.5) is 10.5 Å². The zero-order valence-corrected chi connectivity index (χ0v) is 21.9. The number of amides is 4. The first-order valence-corrected chi connectivity index (χ1v) is 12.4. The number of benzene rings is 3. The number of barbiturate groups is 1. The molecule has 190 valence electrons. The van der Waals surface area contributed by atoms with Gasteiger partial charge in [0.05, 0.1) is 16.8 Å². The van der Waals surface area contributed by atoms with Gasteiger partial charge in [-0.15, -0.1) is 0 Å². The fraction of sp³-hybridized carbons (Fsp3) is 0.179. The summed E-state index contributed by atoms with van der Waals surface area (Å²) in [6.45, 7) is 4.70. The lowest BCUT2D eigenvalue weighted by Crippen LogP contribution is -2.54. The molecule has 4 amide bonds. The van der Waals surface area contributed by atoms with Gasteiger partial charge in [0.15, 0.2) is 11.5 Å². The second-order valence-corrected chi connectivity index (χ2v) is 8.92. The number of halogens is 1. The van der Waals surface area contributed by atoms with Crippen LogP contribution >= 0.6 is 15.9 Å². The van der Waals surface area contributed by atoms with Gasteiger partial charge in [-0.25, -0.2) is 9.69 Å². The summed E-state index contributed by atoms with van der Waals surface area (Å²) in [7, 11) is 0. The molecule has 9 heteroatoms. The number of nitrogens with zero attached hydrogens (tertiary/aromatic N) is 1. The molecule has 0 aliphatic carbocycles. The van der Waals surface area contributed by atoms with Crippen molar-refractivity contribution in [1.82, 2.24) is 5.32 Å². The van der Waals surface area contributed by atoms with Crippen molar-refractivity contribution in [2.24, 2.45) is 0 Å². The molecule has 1 aliphatic rings. The monoisotopic (exact) mass is 564 g/mol. The lowest BCUT2D eigenvalue weighted by atomic mass is 10.1. The van der Waals surface area contributed by atoms with E-state index in [1.54, 1.807) is 36.4 Å². The minimum Gasteiger partial charge on any atom is -0.490 e. The van der Waals surface area contributed by atoms with E-state index in [1.807, 2.05) is 44.2 Å². The number of rotatable bonds is 9. The Morgan fingerprint density at radius 1 is 0.919 bits per heavy atom. The third kappa shape index (κ3) is 6.18. The zero-order chi connectivity index (χ0) is 26.4. The first-order chi connectivity index (χ1) is 17.9. The van der Waals surface area contributed by atoms with Gasteiger partial charge in [0.1, 0.15) is 24.5 Å². The summed E-state index contributed by atoms with van der Waals surface area (Å²) in [6, 6.07) is 18.9. The van der Waals surface area contributed by atoms with Gasteiger partial charge in [0.2, 0.25) is 0 Å². The highest BCUT2D eigenvalue weighted by Crippen LogP contribution is 2.38. The van der Waals surface area contributed by atoms with Crippen LogP contribution in [0.3, 0.4) is 0 Å². The Labute approximate surface area is 223 Å². The molecule has 8 nitrogen and oxygen atoms in total. The number of anilines is 1. The maximum absolute atomic E-state index is 13.2. The van der Waals surface area contributed by atoms with E-state index in [-0.39, 0.29) is 12.2 Å². The molecular formula is C28H25BrN2O6. The summed E-state index contributed by atoms with van der Waals surface area (Å²) in [5.41, 5.74) is 1.67. The standard InChI is InChI=1S/C28H25BrN2O6/c1-3-35-24-17-19(16-23(29)25(24)37-14-13-36-21-7-5-4-6-8-21)15-22-26(32)30-28(34)31(27(22)33)20-11-9-18(2)10-12-20/h4-12,15-17H,3,13-14H2,1-2H3,(H,30,32,34)/b22-15+. The highest BCUT2D eigenvalue weighted by molar-refractivity contribution is 9.10. The maximum Gasteiger partial charge on any atom is 0.335 e. The normalized spacial score (nSPS) is 14.5. The van der Waals surface area contributed by atoms with Gasteiger partial charge in [-0.2, -0.15) is 0 Å². The van der Waals surface area contributed by atoms with Gasteiger partial charge in [-0.05, 0) is 77.8 Å². The minimum absolute atomic E-state index is 0.181. The first-order valence-electron chi connectivity index (χ1n) is 11.6. The van der Waals surface area contributed by atoms with Crippen LogP contribution in [0.15, 0.2) is 76.8 Å². The number of aryl methyl sites for hydroxylation is 1. The summed E-state index contributed by atoms with van der Waals surface area (Å²) >= 11 is 3.50. The largest absolute Gasteiger partial charge is 0.490 e. The van der Waals surface area contributed by atoms with Gasteiger partial charge in [0.25, 0.3) is 11.8 Å². The molecule has 0 atom stereocenters. The third-order valence-electron chi connectivity index (χ3n) is 5.38. The van der Waals surface area contributed by atoms with Crippen molar-refractivity contribution in [3.63, 3.8) is 0 Å². The van der Waals surface area contributed by atoms with E-state index in [2.05, 4.69) is 21.2 Å². The molecule has 1 aliphatic heterocycles. The Hall–Kier alpha value is -4.11. The SMILES string of the molecule is CCOc1cc(/C=C2\C(=O)NC(=O)N(c3ccc(C)cc3)C2=O)cc(Br)c1OCCOc1ccccc1. The number of ether oxygens (including phenoxy) is 3. The second kappa shape index (κ2) is 11.7. The van der Waals surface area contributed by atoms with Gasteiger partial charge < -0.3 is 14.2 Å². The van der Waals surface area contributed by atoms with Gasteiger partial charge in [-0.3, -0.25) is 14.9 Å². The van der Waals surface area contributed by atoms with Crippen molar-refractivity contribution in [3.8, 4) is 17.2 Å². The lowest BCUT2D eigenvalue weighted by Gasteiger charge is -2.26. The highest BCUT2D eigenvalue weighted by Gasteiger charge is 2.36. The maximum atomic E-state index is 13.2. The molecule has 0 aromatic heterocycles. The van der Waals surface area contributed by atoms with Gasteiger partial charge >= 0.3 is 6.03 Å². The summed E-state index contributed by atoms with van der Waals surface area (Å²) in [6.07, 6.45) is 1.42. The van der Waals surface area contributed by atoms with Crippen LogP contribution in [0.2, 0.25) is 0 Å². The van der Waals surface area contributed by atoms with Crippen LogP contribution in [0, 0.1) is 6.92 Å². The molecule has 1 N–H and O–H groups in total. The van der Waals surface area contributed by atoms with E-state index in [0.29, 0.717) is 40.4 Å². The molecule has 37 heavy (non-hydrogen) atoms.